The number of carbonyl (C=O) groups excluding carboxylic acids is 4. The smallest absolute Gasteiger partial charge is 0.427 e. The summed E-state index contributed by atoms with van der Waals surface area (Å²) < 4.78 is 98.2. The van der Waals surface area contributed by atoms with E-state index < -0.39 is 105 Å². The first kappa shape index (κ1) is 44.6. The highest BCUT2D eigenvalue weighted by Crippen LogP contribution is 2.58. The van der Waals surface area contributed by atoms with Gasteiger partial charge < -0.3 is 28.6 Å². The molecule has 0 radical (unpaired) electrons. The van der Waals surface area contributed by atoms with Gasteiger partial charge in [0.05, 0.1) is 61.0 Å². The average molecular weight is 878 g/mol. The van der Waals surface area contributed by atoms with Crippen LogP contribution in [0.25, 0.3) is 10.8 Å². The second-order valence-electron chi connectivity index (χ2n) is 18.0. The average Bonchev–Trinajstić information content (AvgIpc) is 4.07. The minimum absolute atomic E-state index is 0.0830. The van der Waals surface area contributed by atoms with Crippen molar-refractivity contribution < 1.29 is 64.5 Å². The molecule has 2 aliphatic carbocycles. The van der Waals surface area contributed by atoms with Crippen LogP contribution in [-0.4, -0.2) is 103 Å². The summed E-state index contributed by atoms with van der Waals surface area (Å²) in [6.07, 6.45) is -1.60. The molecular formula is C43H54F3N3O11S. The highest BCUT2D eigenvalue weighted by atomic mass is 32.2. The lowest BCUT2D eigenvalue weighted by Crippen LogP contribution is -2.49. The van der Waals surface area contributed by atoms with E-state index in [0.717, 1.165) is 17.4 Å². The zero-order chi connectivity index (χ0) is 44.3. The Hall–Kier alpha value is -4.45. The molecule has 1 aromatic carbocycles. The third-order valence-corrected chi connectivity index (χ3v) is 15.2. The molecule has 0 unspecified atom stereocenters. The van der Waals surface area contributed by atoms with Gasteiger partial charge in [-0.1, -0.05) is 12.2 Å². The van der Waals surface area contributed by atoms with Crippen molar-refractivity contribution >= 4 is 44.4 Å². The van der Waals surface area contributed by atoms with Gasteiger partial charge in [0.1, 0.15) is 11.9 Å². The minimum Gasteiger partial charge on any atom is -0.497 e. The van der Waals surface area contributed by atoms with Gasteiger partial charge in [-0.25, -0.2) is 8.42 Å². The normalized spacial score (nSPS) is 29.8. The fraction of sp³-hybridized carbons (Fsp3) is 0.651. The first-order valence-corrected chi connectivity index (χ1v) is 22.4. The van der Waals surface area contributed by atoms with Crippen LogP contribution in [0.2, 0.25) is 0 Å². The molecule has 0 spiro atoms. The first-order valence-electron chi connectivity index (χ1n) is 20.9. The molecule has 7 rings (SSSR count). The largest absolute Gasteiger partial charge is 0.497 e. The number of fused-ring (bicyclic) bond motifs is 5. The highest BCUT2D eigenvalue weighted by Gasteiger charge is 2.63. The number of carbonyl (C=O) groups is 4. The van der Waals surface area contributed by atoms with Crippen molar-refractivity contribution in [2.45, 2.75) is 140 Å². The summed E-state index contributed by atoms with van der Waals surface area (Å²) in [6, 6.07) is 4.15. The predicted molar refractivity (Wildman–Crippen MR) is 214 cm³/mol. The van der Waals surface area contributed by atoms with Crippen LogP contribution in [0.1, 0.15) is 98.0 Å². The van der Waals surface area contributed by atoms with E-state index in [1.807, 2.05) is 18.2 Å². The molecule has 0 bridgehead atoms. The molecule has 4 heterocycles. The lowest BCUT2D eigenvalue weighted by Gasteiger charge is -2.33. The minimum atomic E-state index is -4.90. The van der Waals surface area contributed by atoms with E-state index in [1.54, 1.807) is 40.0 Å². The molecule has 3 fully saturated rings. The number of sulfonamides is 1. The van der Waals surface area contributed by atoms with Gasteiger partial charge in [0.25, 0.3) is 0 Å². The number of alkyl halides is 3. The topological polar surface area (TPSA) is 177 Å². The maximum absolute atomic E-state index is 14.9. The van der Waals surface area contributed by atoms with Crippen molar-refractivity contribution in [3.8, 4) is 17.5 Å². The molecule has 2 saturated carbocycles. The van der Waals surface area contributed by atoms with Crippen LogP contribution < -0.4 is 18.9 Å². The quantitative estimate of drug-likeness (QED) is 0.233. The number of pyridine rings is 1. The van der Waals surface area contributed by atoms with Gasteiger partial charge in [-0.2, -0.15) is 18.2 Å². The van der Waals surface area contributed by atoms with Gasteiger partial charge in [-0.05, 0) is 109 Å². The molecule has 5 aliphatic rings. The number of hydrogen-bond donors (Lipinski definition) is 1. The van der Waals surface area contributed by atoms with Crippen molar-refractivity contribution in [1.82, 2.24) is 14.6 Å². The Labute approximate surface area is 353 Å². The summed E-state index contributed by atoms with van der Waals surface area (Å²) in [5.41, 5.74) is -3.41. The van der Waals surface area contributed by atoms with Crippen molar-refractivity contribution in [2.24, 2.45) is 17.3 Å². The monoisotopic (exact) mass is 877 g/mol. The van der Waals surface area contributed by atoms with Gasteiger partial charge in [-0.15, -0.1) is 0 Å². The van der Waals surface area contributed by atoms with E-state index in [1.165, 1.54) is 4.90 Å². The molecule has 7 atom stereocenters. The van der Waals surface area contributed by atoms with Crippen molar-refractivity contribution in [3.63, 3.8) is 0 Å². The summed E-state index contributed by atoms with van der Waals surface area (Å²) in [7, 11) is -2.51. The van der Waals surface area contributed by atoms with Gasteiger partial charge in [0, 0.05) is 23.8 Å². The fourth-order valence-electron chi connectivity index (χ4n) is 8.58. The van der Waals surface area contributed by atoms with Crippen molar-refractivity contribution in [3.05, 3.63) is 35.9 Å². The summed E-state index contributed by atoms with van der Waals surface area (Å²) >= 11 is 0. The van der Waals surface area contributed by atoms with E-state index in [4.69, 9.17) is 28.7 Å². The van der Waals surface area contributed by atoms with Crippen LogP contribution in [0, 0.1) is 17.3 Å². The van der Waals surface area contributed by atoms with Gasteiger partial charge in [0.2, 0.25) is 39.2 Å². The zero-order valence-corrected chi connectivity index (χ0v) is 36.1. The molecule has 61 heavy (non-hydrogen) atoms. The van der Waals surface area contributed by atoms with Crippen LogP contribution in [0.15, 0.2) is 30.4 Å². The Kier molecular flexibility index (Phi) is 12.0. The van der Waals surface area contributed by atoms with E-state index in [-0.39, 0.29) is 25.3 Å². The second-order valence-corrected chi connectivity index (χ2v) is 20.2. The Morgan fingerprint density at radius 2 is 1.85 bits per heavy atom. The Bertz CT molecular complexity index is 2230. The molecule has 2 aromatic rings. The number of Topliss-reactive ketones (excluding diaryl/α,β-unsaturated/α-hetero) is 1. The van der Waals surface area contributed by atoms with Crippen LogP contribution in [0.4, 0.5) is 13.2 Å². The molecule has 1 aromatic heterocycles. The number of aromatic nitrogens is 1. The SMILES string of the molecule is COc1ccc2c(O[C@@H]3C[C@H]4C(=O)C[C@]5(C(=O)NS(=O)(=O)C6(C)CC6)C[C@H]5/C=C\CC[C@@H](C)O[C@@H](C)[C@H](CC(=O)OC(C)(C)C(F)(F)F)C(=O)N4C3)nc3c(c2c1)CCCO3. The lowest BCUT2D eigenvalue weighted by atomic mass is 9.90. The molecule has 334 valence electrons. The second kappa shape index (κ2) is 16.3. The Morgan fingerprint density at radius 3 is 2.54 bits per heavy atom. The number of ether oxygens (including phenoxy) is 5. The Morgan fingerprint density at radius 1 is 1.11 bits per heavy atom. The van der Waals surface area contributed by atoms with E-state index >= 15 is 0 Å². The summed E-state index contributed by atoms with van der Waals surface area (Å²) in [5.74, 6) is -4.12. The first-order chi connectivity index (χ1) is 28.6. The maximum atomic E-state index is 14.9. The number of halogens is 3. The van der Waals surface area contributed by atoms with Crippen LogP contribution in [0.5, 0.6) is 17.5 Å². The van der Waals surface area contributed by atoms with Crippen molar-refractivity contribution in [2.75, 3.05) is 20.3 Å². The number of hydrogen-bond acceptors (Lipinski definition) is 12. The number of allylic oxidation sites excluding steroid dienone is 2. The highest BCUT2D eigenvalue weighted by molar-refractivity contribution is 7.91. The van der Waals surface area contributed by atoms with Crippen LogP contribution in [0.3, 0.4) is 0 Å². The third kappa shape index (κ3) is 8.93. The summed E-state index contributed by atoms with van der Waals surface area (Å²) in [6.45, 7) is 6.51. The van der Waals surface area contributed by atoms with Crippen LogP contribution >= 0.6 is 0 Å². The molecular weight excluding hydrogens is 824 g/mol. The number of esters is 1. The van der Waals surface area contributed by atoms with E-state index in [0.29, 0.717) is 69.6 Å². The third-order valence-electron chi connectivity index (χ3n) is 13.0. The maximum Gasteiger partial charge on any atom is 0.427 e. The van der Waals surface area contributed by atoms with Crippen molar-refractivity contribution in [1.29, 1.82) is 0 Å². The zero-order valence-electron chi connectivity index (χ0n) is 35.3. The van der Waals surface area contributed by atoms with Gasteiger partial charge in [0.15, 0.2) is 5.78 Å². The summed E-state index contributed by atoms with van der Waals surface area (Å²) in [4.78, 5) is 62.9. The molecule has 1 N–H and O–H groups in total. The van der Waals surface area contributed by atoms with Gasteiger partial charge >= 0.3 is 12.1 Å². The number of benzene rings is 1. The number of ketones is 1. The standard InChI is InChI=1S/C43H54F3N3O11S/c1-24-10-7-8-11-26-21-42(26,39(53)48-61(54,55)41(5)15-16-41)22-34(50)33-19-28(59-37-30-14-13-27(56-6)18-32(30)29-12-9-17-57-36(29)47-37)23-49(33)38(52)31(25(2)58-24)20-35(51)60-40(3,4)43(44,45)46/h8,11,13-14,18,24-26,28,31,33H,7,9-10,12,15-17,19-23H2,1-6H3,(H,48,53)/b11-8-/t24-,25+,26-,28-,31+,33+,42-/m1/s1. The number of nitrogens with one attached hydrogen (secondary N) is 1. The fourth-order valence-corrected chi connectivity index (χ4v) is 9.92. The number of amides is 2. The number of nitrogens with zero attached hydrogens (tertiary/aromatic N) is 2. The molecule has 3 aliphatic heterocycles. The summed E-state index contributed by atoms with van der Waals surface area (Å²) in [5, 5.41) is 1.42. The van der Waals surface area contributed by atoms with Gasteiger partial charge in [-0.3, -0.25) is 23.9 Å². The van der Waals surface area contributed by atoms with Crippen LogP contribution in [-0.2, 0) is 45.1 Å². The predicted octanol–water partition coefficient (Wildman–Crippen LogP) is 5.91. The molecule has 1 saturated heterocycles. The molecule has 14 nitrogen and oxygen atoms in total. The molecule has 18 heteroatoms. The lowest BCUT2D eigenvalue weighted by molar-refractivity contribution is -0.257. The molecule has 2 amide bonds. The Balaban J connectivity index is 1.25. The number of methoxy groups -OCH3 is 1. The number of rotatable bonds is 9. The van der Waals surface area contributed by atoms with E-state index in [2.05, 4.69) is 4.72 Å². The number of aryl methyl sites for hydroxylation is 1. The van der Waals surface area contributed by atoms with E-state index in [9.17, 15) is 40.8 Å².